The average Bonchev–Trinajstić information content (AvgIpc) is 3.26. The van der Waals surface area contributed by atoms with E-state index < -0.39 is 18.2 Å². The maximum absolute atomic E-state index is 12.5. The lowest BCUT2D eigenvalue weighted by Crippen LogP contribution is -2.40. The van der Waals surface area contributed by atoms with Crippen LogP contribution in [0.1, 0.15) is 29.5 Å². The number of aryl methyl sites for hydroxylation is 1. The summed E-state index contributed by atoms with van der Waals surface area (Å²) in [6.07, 6.45) is -0.345. The first kappa shape index (κ1) is 20.6. The maximum atomic E-state index is 12.5. The Bertz CT molecular complexity index is 1080. The van der Waals surface area contributed by atoms with E-state index in [1.807, 2.05) is 84.9 Å². The second-order valence-electron chi connectivity index (χ2n) is 7.42. The Morgan fingerprint density at radius 2 is 1.58 bits per heavy atom. The van der Waals surface area contributed by atoms with Crippen molar-refractivity contribution in [3.63, 3.8) is 0 Å². The fourth-order valence-electron chi connectivity index (χ4n) is 3.50. The highest BCUT2D eigenvalue weighted by atomic mass is 16.5. The minimum atomic E-state index is -1.000. The van der Waals surface area contributed by atoms with Crippen LogP contribution in [0.15, 0.2) is 84.9 Å². The summed E-state index contributed by atoms with van der Waals surface area (Å²) in [5.74, 6) is 0.419. The van der Waals surface area contributed by atoms with Crippen molar-refractivity contribution >= 4 is 17.1 Å². The lowest BCUT2D eigenvalue weighted by molar-refractivity contribution is 0.0948. The molecule has 3 N–H and O–H groups in total. The molecule has 6 nitrogen and oxygen atoms in total. The zero-order valence-corrected chi connectivity index (χ0v) is 17.1. The molecule has 2 atom stereocenters. The van der Waals surface area contributed by atoms with Crippen molar-refractivity contribution in [2.75, 3.05) is 0 Å². The minimum absolute atomic E-state index is 0.165. The van der Waals surface area contributed by atoms with Gasteiger partial charge in [0.25, 0.3) is 0 Å². The van der Waals surface area contributed by atoms with Gasteiger partial charge in [0.2, 0.25) is 0 Å². The van der Waals surface area contributed by atoms with E-state index in [0.717, 1.165) is 22.2 Å². The van der Waals surface area contributed by atoms with Gasteiger partial charge in [-0.3, -0.25) is 0 Å². The molecule has 0 spiro atoms. The molecular formula is C25H25N3O3. The molecule has 1 unspecified atom stereocenters. The zero-order chi connectivity index (χ0) is 21.5. The number of carbonyl (C=O) groups excluding carboxylic acids is 1. The van der Waals surface area contributed by atoms with Crippen molar-refractivity contribution in [3.05, 3.63) is 102 Å². The normalized spacial score (nSPS) is 12.9. The fourth-order valence-corrected chi connectivity index (χ4v) is 3.50. The molecule has 4 rings (SSSR count). The van der Waals surface area contributed by atoms with E-state index in [0.29, 0.717) is 18.7 Å². The number of rotatable bonds is 8. The summed E-state index contributed by atoms with van der Waals surface area (Å²) < 4.78 is 5.36. The van der Waals surface area contributed by atoms with Gasteiger partial charge in [0.1, 0.15) is 18.5 Å². The molecule has 6 heteroatoms. The van der Waals surface area contributed by atoms with Gasteiger partial charge in [0.05, 0.1) is 17.1 Å². The summed E-state index contributed by atoms with van der Waals surface area (Å²) in [6, 6.07) is 26.5. The lowest BCUT2D eigenvalue weighted by Gasteiger charge is -2.23. The zero-order valence-electron chi connectivity index (χ0n) is 17.1. The van der Waals surface area contributed by atoms with Crippen molar-refractivity contribution < 1.29 is 14.6 Å². The highest BCUT2D eigenvalue weighted by Gasteiger charge is 2.26. The van der Waals surface area contributed by atoms with Crippen molar-refractivity contribution in [1.82, 2.24) is 15.3 Å². The largest absolute Gasteiger partial charge is 0.445 e. The molecule has 158 valence electrons. The number of ether oxygens (including phenoxy) is 1. The number of hydrogen-bond donors (Lipinski definition) is 3. The predicted octanol–water partition coefficient (Wildman–Crippen LogP) is 4.52. The molecule has 3 aromatic carbocycles. The first-order valence-electron chi connectivity index (χ1n) is 10.3. The van der Waals surface area contributed by atoms with Crippen molar-refractivity contribution in [2.45, 2.75) is 31.6 Å². The Kier molecular flexibility index (Phi) is 6.59. The number of amides is 1. The second-order valence-corrected chi connectivity index (χ2v) is 7.42. The first-order valence-corrected chi connectivity index (χ1v) is 10.3. The van der Waals surface area contributed by atoms with E-state index in [-0.39, 0.29) is 6.61 Å². The summed E-state index contributed by atoms with van der Waals surface area (Å²) in [6.45, 7) is 0.165. The highest BCUT2D eigenvalue weighted by molar-refractivity contribution is 5.74. The maximum Gasteiger partial charge on any atom is 0.407 e. The van der Waals surface area contributed by atoms with Gasteiger partial charge in [-0.15, -0.1) is 0 Å². The van der Waals surface area contributed by atoms with Crippen LogP contribution in [0.4, 0.5) is 4.79 Å². The standard InChI is InChI=1S/C25H25N3O3/c29-23(24-26-20-13-7-8-14-21(20)27-24)22(16-15-18-9-3-1-4-10-18)28-25(30)31-17-19-11-5-2-6-12-19/h1-14,22-23,29H,15-17H2,(H,26,27)(H,28,30)/t22-,23?/m1/s1. The van der Waals surface area contributed by atoms with Crippen LogP contribution in [-0.2, 0) is 17.8 Å². The predicted molar refractivity (Wildman–Crippen MR) is 119 cm³/mol. The Hall–Kier alpha value is -3.64. The van der Waals surface area contributed by atoms with Gasteiger partial charge in [-0.05, 0) is 36.1 Å². The van der Waals surface area contributed by atoms with Crippen LogP contribution < -0.4 is 5.32 Å². The number of aliphatic hydroxyl groups is 1. The SMILES string of the molecule is O=C(N[C@H](CCc1ccccc1)C(O)c1nc2ccccc2[nH]1)OCc1ccccc1. The van der Waals surface area contributed by atoms with Crippen LogP contribution in [0.5, 0.6) is 0 Å². The number of carbonyl (C=O) groups is 1. The van der Waals surface area contributed by atoms with Gasteiger partial charge in [0, 0.05) is 0 Å². The van der Waals surface area contributed by atoms with Crippen LogP contribution in [0, 0.1) is 0 Å². The summed E-state index contributed by atoms with van der Waals surface area (Å²) in [7, 11) is 0. The van der Waals surface area contributed by atoms with Gasteiger partial charge in [-0.1, -0.05) is 72.8 Å². The van der Waals surface area contributed by atoms with Crippen LogP contribution in [0.25, 0.3) is 11.0 Å². The Balaban J connectivity index is 1.46. The average molecular weight is 415 g/mol. The number of hydrogen-bond acceptors (Lipinski definition) is 4. The van der Waals surface area contributed by atoms with E-state index >= 15 is 0 Å². The summed E-state index contributed by atoms with van der Waals surface area (Å²) in [5.41, 5.74) is 3.63. The molecule has 1 heterocycles. The second kappa shape index (κ2) is 9.91. The van der Waals surface area contributed by atoms with Crippen molar-refractivity contribution in [3.8, 4) is 0 Å². The molecule has 0 bridgehead atoms. The van der Waals surface area contributed by atoms with Crippen LogP contribution in [-0.4, -0.2) is 27.2 Å². The number of nitrogens with zero attached hydrogens (tertiary/aromatic N) is 1. The van der Waals surface area contributed by atoms with E-state index in [2.05, 4.69) is 15.3 Å². The van der Waals surface area contributed by atoms with Crippen LogP contribution in [0.2, 0.25) is 0 Å². The Morgan fingerprint density at radius 1 is 0.935 bits per heavy atom. The quantitative estimate of drug-likeness (QED) is 0.395. The third-order valence-electron chi connectivity index (χ3n) is 5.17. The third kappa shape index (κ3) is 5.49. The van der Waals surface area contributed by atoms with E-state index in [4.69, 9.17) is 4.74 Å². The molecule has 0 saturated carbocycles. The Labute approximate surface area is 180 Å². The van der Waals surface area contributed by atoms with Gasteiger partial charge < -0.3 is 20.1 Å². The number of H-pyrrole nitrogens is 1. The number of fused-ring (bicyclic) bond motifs is 1. The summed E-state index contributed by atoms with van der Waals surface area (Å²) >= 11 is 0. The van der Waals surface area contributed by atoms with Gasteiger partial charge >= 0.3 is 6.09 Å². The number of para-hydroxylation sites is 2. The molecule has 1 aromatic heterocycles. The topological polar surface area (TPSA) is 87.2 Å². The fraction of sp³-hybridized carbons (Fsp3) is 0.200. The van der Waals surface area contributed by atoms with Gasteiger partial charge in [0.15, 0.2) is 0 Å². The Morgan fingerprint density at radius 3 is 2.29 bits per heavy atom. The van der Waals surface area contributed by atoms with Crippen molar-refractivity contribution in [2.24, 2.45) is 0 Å². The van der Waals surface area contributed by atoms with Gasteiger partial charge in [-0.2, -0.15) is 0 Å². The molecule has 0 radical (unpaired) electrons. The monoisotopic (exact) mass is 415 g/mol. The number of aromatic nitrogens is 2. The molecule has 31 heavy (non-hydrogen) atoms. The number of aromatic amines is 1. The van der Waals surface area contributed by atoms with Crippen molar-refractivity contribution in [1.29, 1.82) is 0 Å². The van der Waals surface area contributed by atoms with Gasteiger partial charge in [-0.25, -0.2) is 9.78 Å². The highest BCUT2D eigenvalue weighted by Crippen LogP contribution is 2.21. The van der Waals surface area contributed by atoms with E-state index in [1.165, 1.54) is 0 Å². The molecule has 1 amide bonds. The van der Waals surface area contributed by atoms with E-state index in [9.17, 15) is 9.90 Å². The third-order valence-corrected chi connectivity index (χ3v) is 5.17. The lowest BCUT2D eigenvalue weighted by atomic mass is 10.0. The molecule has 0 aliphatic rings. The minimum Gasteiger partial charge on any atom is -0.445 e. The molecular weight excluding hydrogens is 390 g/mol. The molecule has 0 aliphatic carbocycles. The summed E-state index contributed by atoms with van der Waals surface area (Å²) in [4.78, 5) is 20.1. The number of benzene rings is 3. The van der Waals surface area contributed by atoms with Crippen LogP contribution in [0.3, 0.4) is 0 Å². The van der Waals surface area contributed by atoms with E-state index in [1.54, 1.807) is 0 Å². The number of imidazole rings is 1. The number of nitrogens with one attached hydrogen (secondary N) is 2. The molecule has 4 aromatic rings. The molecule has 0 fully saturated rings. The first-order chi connectivity index (χ1) is 15.2. The number of alkyl carbamates (subject to hydrolysis) is 1. The molecule has 0 saturated heterocycles. The smallest absolute Gasteiger partial charge is 0.407 e. The summed E-state index contributed by atoms with van der Waals surface area (Å²) in [5, 5.41) is 13.9. The molecule has 0 aliphatic heterocycles. The number of aliphatic hydroxyl groups excluding tert-OH is 1. The van der Waals surface area contributed by atoms with Crippen LogP contribution >= 0.6 is 0 Å².